The number of aryl methyl sites for hydroxylation is 2. The van der Waals surface area contributed by atoms with Crippen molar-refractivity contribution in [3.05, 3.63) is 58.4 Å². The third-order valence-electron chi connectivity index (χ3n) is 2.58. The first-order valence-corrected chi connectivity index (χ1v) is 5.84. The molecule has 0 aliphatic heterocycles. The lowest BCUT2D eigenvalue weighted by Gasteiger charge is -2.11. The molecule has 2 nitrogen and oxygen atoms in total. The molecular weight excluding hydrogens is 234 g/mol. The zero-order valence-electron chi connectivity index (χ0n) is 9.90. The van der Waals surface area contributed by atoms with Crippen molar-refractivity contribution in [3.63, 3.8) is 0 Å². The van der Waals surface area contributed by atoms with Crippen LogP contribution >= 0.6 is 11.6 Å². The number of hydrogen-bond acceptors (Lipinski definition) is 2. The summed E-state index contributed by atoms with van der Waals surface area (Å²) < 4.78 is 5.82. The van der Waals surface area contributed by atoms with Crippen molar-refractivity contribution in [1.29, 1.82) is 0 Å². The first kappa shape index (κ1) is 11.9. The minimum absolute atomic E-state index is 0.493. The van der Waals surface area contributed by atoms with Crippen molar-refractivity contribution >= 4 is 11.6 Å². The Morgan fingerprint density at radius 2 is 1.88 bits per heavy atom. The third kappa shape index (κ3) is 2.98. The molecule has 0 radical (unpaired) electrons. The van der Waals surface area contributed by atoms with E-state index in [1.54, 1.807) is 6.20 Å². The van der Waals surface area contributed by atoms with Crippen LogP contribution in [0.4, 0.5) is 0 Å². The van der Waals surface area contributed by atoms with E-state index in [-0.39, 0.29) is 0 Å². The first-order chi connectivity index (χ1) is 8.16. The minimum Gasteiger partial charge on any atom is -0.488 e. The van der Waals surface area contributed by atoms with Crippen LogP contribution in [-0.2, 0) is 6.61 Å². The van der Waals surface area contributed by atoms with E-state index < -0.39 is 0 Å². The second-order valence-corrected chi connectivity index (χ2v) is 4.38. The van der Waals surface area contributed by atoms with Crippen LogP contribution in [0.25, 0.3) is 0 Å². The fourth-order valence-electron chi connectivity index (χ4n) is 1.71. The van der Waals surface area contributed by atoms with Crippen molar-refractivity contribution in [3.8, 4) is 5.75 Å². The van der Waals surface area contributed by atoms with Gasteiger partial charge in [-0.1, -0.05) is 29.8 Å². The van der Waals surface area contributed by atoms with E-state index in [0.29, 0.717) is 11.8 Å². The van der Waals surface area contributed by atoms with Gasteiger partial charge >= 0.3 is 0 Å². The topological polar surface area (TPSA) is 22.1 Å². The van der Waals surface area contributed by atoms with Crippen LogP contribution in [0.2, 0.25) is 5.15 Å². The van der Waals surface area contributed by atoms with Gasteiger partial charge in [-0.3, -0.25) is 0 Å². The zero-order valence-corrected chi connectivity index (χ0v) is 10.7. The molecule has 0 aliphatic carbocycles. The van der Waals surface area contributed by atoms with Crippen LogP contribution in [0, 0.1) is 13.8 Å². The molecule has 0 saturated carbocycles. The van der Waals surface area contributed by atoms with Gasteiger partial charge in [0.2, 0.25) is 0 Å². The molecule has 0 amide bonds. The van der Waals surface area contributed by atoms with Gasteiger partial charge in [-0.15, -0.1) is 0 Å². The predicted molar refractivity (Wildman–Crippen MR) is 69.5 cm³/mol. The largest absolute Gasteiger partial charge is 0.488 e. The number of aromatic nitrogens is 1. The van der Waals surface area contributed by atoms with Gasteiger partial charge in [0, 0.05) is 6.20 Å². The van der Waals surface area contributed by atoms with Gasteiger partial charge in [-0.25, -0.2) is 4.98 Å². The monoisotopic (exact) mass is 247 g/mol. The van der Waals surface area contributed by atoms with E-state index in [1.807, 2.05) is 44.2 Å². The van der Waals surface area contributed by atoms with Gasteiger partial charge in [0.25, 0.3) is 0 Å². The molecule has 88 valence electrons. The summed E-state index contributed by atoms with van der Waals surface area (Å²) in [5, 5.41) is 0.493. The summed E-state index contributed by atoms with van der Waals surface area (Å²) in [5.41, 5.74) is 3.31. The van der Waals surface area contributed by atoms with Gasteiger partial charge in [0.1, 0.15) is 17.5 Å². The van der Waals surface area contributed by atoms with Gasteiger partial charge in [-0.05, 0) is 42.7 Å². The van der Waals surface area contributed by atoms with Crippen molar-refractivity contribution < 1.29 is 4.74 Å². The number of rotatable bonds is 3. The fraction of sp³-hybridized carbons (Fsp3) is 0.214. The average Bonchev–Trinajstić information content (AvgIpc) is 2.28. The molecule has 0 bridgehead atoms. The second kappa shape index (κ2) is 5.19. The Morgan fingerprint density at radius 3 is 2.53 bits per heavy atom. The highest BCUT2D eigenvalue weighted by Crippen LogP contribution is 2.23. The summed E-state index contributed by atoms with van der Waals surface area (Å²) in [6.07, 6.45) is 1.69. The molecule has 3 heteroatoms. The van der Waals surface area contributed by atoms with Crippen LogP contribution in [-0.4, -0.2) is 4.98 Å². The Balaban J connectivity index is 2.13. The maximum atomic E-state index is 5.82. The van der Waals surface area contributed by atoms with Crippen LogP contribution < -0.4 is 4.74 Å². The Morgan fingerprint density at radius 1 is 1.18 bits per heavy atom. The summed E-state index contributed by atoms with van der Waals surface area (Å²) in [4.78, 5) is 3.94. The molecule has 0 saturated heterocycles. The van der Waals surface area contributed by atoms with E-state index >= 15 is 0 Å². The van der Waals surface area contributed by atoms with E-state index in [4.69, 9.17) is 16.3 Å². The number of benzene rings is 1. The third-order valence-corrected chi connectivity index (χ3v) is 2.79. The standard InChI is InChI=1S/C14H14ClNO/c1-10-4-3-5-11(2)14(10)17-9-12-6-7-16-13(15)8-12/h3-8H,9H2,1-2H3. The molecule has 0 unspecified atom stereocenters. The molecule has 0 aliphatic rings. The lowest BCUT2D eigenvalue weighted by atomic mass is 10.1. The van der Waals surface area contributed by atoms with E-state index in [9.17, 15) is 0 Å². The smallest absolute Gasteiger partial charge is 0.129 e. The Hall–Kier alpha value is -1.54. The average molecular weight is 248 g/mol. The summed E-state index contributed by atoms with van der Waals surface area (Å²) in [5.74, 6) is 0.945. The van der Waals surface area contributed by atoms with E-state index in [1.165, 1.54) is 0 Å². The number of ether oxygens (including phenoxy) is 1. The summed E-state index contributed by atoms with van der Waals surface area (Å²) in [7, 11) is 0. The van der Waals surface area contributed by atoms with Gasteiger partial charge in [-0.2, -0.15) is 0 Å². The molecule has 1 heterocycles. The second-order valence-electron chi connectivity index (χ2n) is 4.00. The SMILES string of the molecule is Cc1cccc(C)c1OCc1ccnc(Cl)c1. The quantitative estimate of drug-likeness (QED) is 0.767. The summed E-state index contributed by atoms with van der Waals surface area (Å²) in [6.45, 7) is 4.59. The zero-order chi connectivity index (χ0) is 12.3. The fourth-order valence-corrected chi connectivity index (χ4v) is 1.91. The summed E-state index contributed by atoms with van der Waals surface area (Å²) >= 11 is 5.82. The normalized spacial score (nSPS) is 10.3. The van der Waals surface area contributed by atoms with Crippen LogP contribution in [0.15, 0.2) is 36.5 Å². The lowest BCUT2D eigenvalue weighted by molar-refractivity contribution is 0.302. The number of halogens is 1. The molecule has 0 spiro atoms. The molecule has 1 aromatic carbocycles. The minimum atomic E-state index is 0.493. The Bertz CT molecular complexity index is 505. The molecule has 1 aromatic heterocycles. The predicted octanol–water partition coefficient (Wildman–Crippen LogP) is 3.93. The highest BCUT2D eigenvalue weighted by Gasteiger charge is 2.03. The number of nitrogens with zero attached hydrogens (tertiary/aromatic N) is 1. The van der Waals surface area contributed by atoms with Gasteiger partial charge in [0.05, 0.1) is 0 Å². The van der Waals surface area contributed by atoms with Crippen molar-refractivity contribution in [2.24, 2.45) is 0 Å². The number of hydrogen-bond donors (Lipinski definition) is 0. The van der Waals surface area contributed by atoms with Crippen molar-refractivity contribution in [1.82, 2.24) is 4.98 Å². The molecular formula is C14H14ClNO. The van der Waals surface area contributed by atoms with Gasteiger partial charge < -0.3 is 4.74 Å². The molecule has 2 rings (SSSR count). The lowest BCUT2D eigenvalue weighted by Crippen LogP contribution is -1.99. The van der Waals surface area contributed by atoms with Crippen LogP contribution in [0.3, 0.4) is 0 Å². The van der Waals surface area contributed by atoms with Crippen molar-refractivity contribution in [2.45, 2.75) is 20.5 Å². The van der Waals surface area contributed by atoms with Crippen LogP contribution in [0.5, 0.6) is 5.75 Å². The Labute approximate surface area is 106 Å². The van der Waals surface area contributed by atoms with E-state index in [2.05, 4.69) is 4.98 Å². The number of pyridine rings is 1. The number of para-hydroxylation sites is 1. The van der Waals surface area contributed by atoms with Crippen LogP contribution in [0.1, 0.15) is 16.7 Å². The van der Waals surface area contributed by atoms with Crippen molar-refractivity contribution in [2.75, 3.05) is 0 Å². The molecule has 2 aromatic rings. The van der Waals surface area contributed by atoms with Gasteiger partial charge in [0.15, 0.2) is 0 Å². The van der Waals surface area contributed by atoms with E-state index in [0.717, 1.165) is 22.4 Å². The molecule has 0 N–H and O–H groups in total. The highest BCUT2D eigenvalue weighted by molar-refractivity contribution is 6.29. The molecule has 0 fully saturated rings. The summed E-state index contributed by atoms with van der Waals surface area (Å²) in [6, 6.07) is 9.83. The molecule has 0 atom stereocenters. The Kier molecular flexibility index (Phi) is 3.64. The first-order valence-electron chi connectivity index (χ1n) is 5.46. The molecule has 17 heavy (non-hydrogen) atoms. The highest BCUT2D eigenvalue weighted by atomic mass is 35.5. The maximum absolute atomic E-state index is 5.82. The maximum Gasteiger partial charge on any atom is 0.129 e.